The van der Waals surface area contributed by atoms with E-state index in [0.29, 0.717) is 6.61 Å². The SMILES string of the molecule is CC(N)C1CCCCN1C(=O)C1CCOc2ccccc21. The van der Waals surface area contributed by atoms with Crippen molar-refractivity contribution in [2.45, 2.75) is 50.6 Å². The second-order valence-electron chi connectivity index (χ2n) is 6.18. The molecule has 0 spiro atoms. The third-order valence-electron chi connectivity index (χ3n) is 4.70. The minimum Gasteiger partial charge on any atom is -0.493 e. The first-order valence-corrected chi connectivity index (χ1v) is 7.96. The molecule has 0 aromatic heterocycles. The van der Waals surface area contributed by atoms with Crippen LogP contribution < -0.4 is 10.5 Å². The van der Waals surface area contributed by atoms with Gasteiger partial charge in [-0.25, -0.2) is 0 Å². The molecule has 3 atom stereocenters. The molecule has 1 aromatic rings. The Hall–Kier alpha value is -1.55. The Labute approximate surface area is 126 Å². The molecule has 3 unspecified atom stereocenters. The highest BCUT2D eigenvalue weighted by Gasteiger charge is 2.36. The number of ether oxygens (including phenoxy) is 1. The molecule has 0 bridgehead atoms. The Bertz CT molecular complexity index is 515. The van der Waals surface area contributed by atoms with Gasteiger partial charge in [-0.1, -0.05) is 18.2 Å². The number of benzene rings is 1. The number of carbonyl (C=O) groups excluding carboxylic acids is 1. The molecule has 0 saturated carbocycles. The number of para-hydroxylation sites is 1. The summed E-state index contributed by atoms with van der Waals surface area (Å²) >= 11 is 0. The molecule has 2 N–H and O–H groups in total. The summed E-state index contributed by atoms with van der Waals surface area (Å²) in [5, 5.41) is 0. The molecule has 1 amide bonds. The van der Waals surface area contributed by atoms with Crippen molar-refractivity contribution in [3.05, 3.63) is 29.8 Å². The highest BCUT2D eigenvalue weighted by atomic mass is 16.5. The average Bonchev–Trinajstić information content (AvgIpc) is 2.53. The summed E-state index contributed by atoms with van der Waals surface area (Å²) in [5.41, 5.74) is 7.13. The van der Waals surface area contributed by atoms with Crippen LogP contribution in [0, 0.1) is 0 Å². The van der Waals surface area contributed by atoms with Crippen molar-refractivity contribution in [3.63, 3.8) is 0 Å². The van der Waals surface area contributed by atoms with Gasteiger partial charge in [0.1, 0.15) is 5.75 Å². The summed E-state index contributed by atoms with van der Waals surface area (Å²) in [6.07, 6.45) is 4.03. The number of nitrogens with two attached hydrogens (primary N) is 1. The minimum absolute atomic E-state index is 0.0318. The average molecular weight is 288 g/mol. The van der Waals surface area contributed by atoms with E-state index in [1.54, 1.807) is 0 Å². The summed E-state index contributed by atoms with van der Waals surface area (Å²) < 4.78 is 5.67. The van der Waals surface area contributed by atoms with Crippen molar-refractivity contribution < 1.29 is 9.53 Å². The lowest BCUT2D eigenvalue weighted by molar-refractivity contribution is -0.137. The normalized spacial score (nSPS) is 26.7. The fourth-order valence-corrected chi connectivity index (χ4v) is 3.58. The molecular weight excluding hydrogens is 264 g/mol. The maximum Gasteiger partial charge on any atom is 0.230 e. The van der Waals surface area contributed by atoms with Gasteiger partial charge in [-0.05, 0) is 38.7 Å². The molecule has 4 nitrogen and oxygen atoms in total. The molecule has 0 radical (unpaired) electrons. The van der Waals surface area contributed by atoms with Gasteiger partial charge in [0.15, 0.2) is 0 Å². The smallest absolute Gasteiger partial charge is 0.230 e. The molecule has 21 heavy (non-hydrogen) atoms. The van der Waals surface area contributed by atoms with Gasteiger partial charge >= 0.3 is 0 Å². The molecule has 2 aliphatic rings. The second kappa shape index (κ2) is 6.06. The minimum atomic E-state index is -0.0747. The number of piperidine rings is 1. The van der Waals surface area contributed by atoms with E-state index < -0.39 is 0 Å². The van der Waals surface area contributed by atoms with Crippen LogP contribution in [0.2, 0.25) is 0 Å². The van der Waals surface area contributed by atoms with Crippen molar-refractivity contribution >= 4 is 5.91 Å². The van der Waals surface area contributed by atoms with Crippen molar-refractivity contribution in [2.24, 2.45) is 5.73 Å². The highest BCUT2D eigenvalue weighted by molar-refractivity contribution is 5.85. The summed E-state index contributed by atoms with van der Waals surface area (Å²) in [5.74, 6) is 1.01. The monoisotopic (exact) mass is 288 g/mol. The number of nitrogens with zero attached hydrogens (tertiary/aromatic N) is 1. The van der Waals surface area contributed by atoms with E-state index in [0.717, 1.165) is 37.1 Å². The molecular formula is C17H24N2O2. The number of carbonyl (C=O) groups is 1. The third-order valence-corrected chi connectivity index (χ3v) is 4.70. The molecule has 1 aromatic carbocycles. The zero-order valence-electron chi connectivity index (χ0n) is 12.6. The van der Waals surface area contributed by atoms with E-state index >= 15 is 0 Å². The van der Waals surface area contributed by atoms with Gasteiger partial charge in [-0.2, -0.15) is 0 Å². The fourth-order valence-electron chi connectivity index (χ4n) is 3.58. The van der Waals surface area contributed by atoms with Crippen LogP contribution in [0.25, 0.3) is 0 Å². The Morgan fingerprint density at radius 2 is 2.14 bits per heavy atom. The lowest BCUT2D eigenvalue weighted by Gasteiger charge is -2.40. The Balaban J connectivity index is 1.85. The number of amides is 1. The molecule has 3 rings (SSSR count). The van der Waals surface area contributed by atoms with Gasteiger partial charge in [0.2, 0.25) is 5.91 Å². The van der Waals surface area contributed by atoms with Crippen LogP contribution in [-0.4, -0.2) is 36.0 Å². The molecule has 0 aliphatic carbocycles. The summed E-state index contributed by atoms with van der Waals surface area (Å²) in [4.78, 5) is 15.1. The van der Waals surface area contributed by atoms with Crippen LogP contribution in [0.15, 0.2) is 24.3 Å². The van der Waals surface area contributed by atoms with E-state index in [1.165, 1.54) is 6.42 Å². The zero-order chi connectivity index (χ0) is 14.8. The second-order valence-corrected chi connectivity index (χ2v) is 6.18. The van der Waals surface area contributed by atoms with Crippen LogP contribution >= 0.6 is 0 Å². The van der Waals surface area contributed by atoms with Gasteiger partial charge < -0.3 is 15.4 Å². The first-order chi connectivity index (χ1) is 10.2. The van der Waals surface area contributed by atoms with E-state index in [2.05, 4.69) is 0 Å². The summed E-state index contributed by atoms with van der Waals surface area (Å²) in [6, 6.07) is 8.12. The topological polar surface area (TPSA) is 55.6 Å². The number of likely N-dealkylation sites (tertiary alicyclic amines) is 1. The number of hydrogen-bond donors (Lipinski definition) is 1. The fraction of sp³-hybridized carbons (Fsp3) is 0.588. The largest absolute Gasteiger partial charge is 0.493 e. The predicted molar refractivity (Wildman–Crippen MR) is 82.3 cm³/mol. The molecule has 4 heteroatoms. The van der Waals surface area contributed by atoms with Crippen LogP contribution in [0.4, 0.5) is 0 Å². The van der Waals surface area contributed by atoms with Crippen LogP contribution in [0.5, 0.6) is 5.75 Å². The zero-order valence-corrected chi connectivity index (χ0v) is 12.6. The Morgan fingerprint density at radius 3 is 2.95 bits per heavy atom. The summed E-state index contributed by atoms with van der Waals surface area (Å²) in [7, 11) is 0. The van der Waals surface area contributed by atoms with Gasteiger partial charge in [0, 0.05) is 24.2 Å². The predicted octanol–water partition coefficient (Wildman–Crippen LogP) is 2.28. The number of hydrogen-bond acceptors (Lipinski definition) is 3. The maximum absolute atomic E-state index is 13.0. The van der Waals surface area contributed by atoms with Crippen molar-refractivity contribution in [1.29, 1.82) is 0 Å². The van der Waals surface area contributed by atoms with Crippen LogP contribution in [-0.2, 0) is 4.79 Å². The van der Waals surface area contributed by atoms with Gasteiger partial charge in [0.25, 0.3) is 0 Å². The molecule has 2 aliphatic heterocycles. The first kappa shape index (κ1) is 14.4. The Morgan fingerprint density at radius 1 is 1.33 bits per heavy atom. The van der Waals surface area contributed by atoms with Crippen molar-refractivity contribution in [2.75, 3.05) is 13.2 Å². The molecule has 1 fully saturated rings. The molecule has 114 valence electrons. The van der Waals surface area contributed by atoms with Gasteiger partial charge in [0.05, 0.1) is 12.5 Å². The number of rotatable bonds is 2. The van der Waals surface area contributed by atoms with Crippen LogP contribution in [0.1, 0.15) is 44.1 Å². The lowest BCUT2D eigenvalue weighted by atomic mass is 9.89. The highest BCUT2D eigenvalue weighted by Crippen LogP contribution is 2.36. The van der Waals surface area contributed by atoms with Gasteiger partial charge in [-0.3, -0.25) is 4.79 Å². The quantitative estimate of drug-likeness (QED) is 0.908. The lowest BCUT2D eigenvalue weighted by Crippen LogP contribution is -2.53. The van der Waals surface area contributed by atoms with Crippen molar-refractivity contribution in [3.8, 4) is 5.75 Å². The third kappa shape index (κ3) is 2.77. The first-order valence-electron chi connectivity index (χ1n) is 7.96. The Kier molecular flexibility index (Phi) is 4.15. The van der Waals surface area contributed by atoms with Crippen molar-refractivity contribution in [1.82, 2.24) is 4.90 Å². The molecule has 1 saturated heterocycles. The summed E-state index contributed by atoms with van der Waals surface area (Å²) in [6.45, 7) is 3.46. The molecule has 2 heterocycles. The standard InChI is InChI=1S/C17H24N2O2/c1-12(18)15-7-4-5-10-19(15)17(20)14-9-11-21-16-8-3-2-6-13(14)16/h2-3,6,8,12,14-15H,4-5,7,9-11,18H2,1H3. The van der Waals surface area contributed by atoms with E-state index in [-0.39, 0.29) is 23.9 Å². The van der Waals surface area contributed by atoms with Gasteiger partial charge in [-0.15, -0.1) is 0 Å². The van der Waals surface area contributed by atoms with E-state index in [9.17, 15) is 4.79 Å². The number of fused-ring (bicyclic) bond motifs is 1. The van der Waals surface area contributed by atoms with E-state index in [4.69, 9.17) is 10.5 Å². The van der Waals surface area contributed by atoms with E-state index in [1.807, 2.05) is 36.1 Å². The van der Waals surface area contributed by atoms with Crippen LogP contribution in [0.3, 0.4) is 0 Å². The maximum atomic E-state index is 13.0.